The fourth-order valence-electron chi connectivity index (χ4n) is 3.43. The Balaban J connectivity index is 2.47. The third-order valence-electron chi connectivity index (χ3n) is 5.19. The van der Waals surface area contributed by atoms with E-state index in [1.165, 1.54) is 0 Å². The molecule has 0 saturated carbocycles. The van der Waals surface area contributed by atoms with Gasteiger partial charge in [0.2, 0.25) is 0 Å². The number of benzene rings is 2. The first-order valence-electron chi connectivity index (χ1n) is 11.2. The number of hydrogen-bond donors (Lipinski definition) is 3. The minimum atomic E-state index is -1.42. The molecule has 2 aromatic carbocycles. The molecule has 8 heteroatoms. The molecule has 0 saturated heterocycles. The number of aliphatic hydroxyl groups is 1. The van der Waals surface area contributed by atoms with Crippen LogP contribution in [0.3, 0.4) is 0 Å². The van der Waals surface area contributed by atoms with E-state index in [2.05, 4.69) is 16.7 Å². The summed E-state index contributed by atoms with van der Waals surface area (Å²) in [4.78, 5) is 40.1. The molecule has 8 nitrogen and oxygen atoms in total. The Hall–Kier alpha value is -3.83. The normalized spacial score (nSPS) is 12.6. The summed E-state index contributed by atoms with van der Waals surface area (Å²) in [5.41, 5.74) is 2.73. The highest BCUT2D eigenvalue weighted by atomic mass is 16.6. The summed E-state index contributed by atoms with van der Waals surface area (Å²) in [7, 11) is 0. The van der Waals surface area contributed by atoms with Crippen LogP contribution < -0.4 is 10.6 Å². The number of ether oxygens (including phenoxy) is 1. The van der Waals surface area contributed by atoms with Gasteiger partial charge in [-0.25, -0.2) is 4.79 Å². The summed E-state index contributed by atoms with van der Waals surface area (Å²) in [5.74, 6) is -1.36. The molecule has 0 radical (unpaired) electrons. The summed E-state index contributed by atoms with van der Waals surface area (Å²) in [6, 6.07) is 12.4. The topological polar surface area (TPSA) is 108 Å². The Morgan fingerprint density at radius 1 is 1.09 bits per heavy atom. The summed E-state index contributed by atoms with van der Waals surface area (Å²) in [5, 5.41) is 15.1. The molecule has 0 spiro atoms. The largest absolute Gasteiger partial charge is 0.444 e. The fourth-order valence-corrected chi connectivity index (χ4v) is 3.43. The Kier molecular flexibility index (Phi) is 9.04. The van der Waals surface area contributed by atoms with E-state index in [1.807, 2.05) is 45.0 Å². The van der Waals surface area contributed by atoms with Crippen LogP contribution in [-0.4, -0.2) is 46.2 Å². The lowest BCUT2D eigenvalue weighted by molar-refractivity contribution is -0.137. The summed E-state index contributed by atoms with van der Waals surface area (Å²) >= 11 is 0. The first-order valence-corrected chi connectivity index (χ1v) is 11.2. The average molecular weight is 480 g/mol. The standard InChI is InChI=1S/C27H33N3O5/c1-8-30(25(33)22(16-31)29-26(34)35-27(5,6)7)23(20-15-17(2)13-14-18(20)3)24(32)28-21-12-10-9-11-19(21)4/h1,9-15,22-23,31H,16H2,2-7H3,(H,28,32)(H,29,34). The zero-order valence-electron chi connectivity index (χ0n) is 21.0. The van der Waals surface area contributed by atoms with Crippen molar-refractivity contribution in [3.8, 4) is 12.5 Å². The quantitative estimate of drug-likeness (QED) is 0.415. The molecule has 0 aromatic heterocycles. The van der Waals surface area contributed by atoms with Crippen molar-refractivity contribution in [3.63, 3.8) is 0 Å². The first kappa shape index (κ1) is 27.4. The lowest BCUT2D eigenvalue weighted by atomic mass is 9.96. The number of para-hydroxylation sites is 1. The van der Waals surface area contributed by atoms with E-state index >= 15 is 0 Å². The molecular formula is C27H33N3O5. The van der Waals surface area contributed by atoms with E-state index in [9.17, 15) is 19.5 Å². The van der Waals surface area contributed by atoms with Crippen LogP contribution >= 0.6 is 0 Å². The zero-order chi connectivity index (χ0) is 26.3. The number of rotatable bonds is 7. The minimum Gasteiger partial charge on any atom is -0.444 e. The molecular weight excluding hydrogens is 446 g/mol. The van der Waals surface area contributed by atoms with Crippen LogP contribution in [0.1, 0.15) is 49.1 Å². The Labute approximate surface area is 206 Å². The van der Waals surface area contributed by atoms with Gasteiger partial charge in [0.1, 0.15) is 17.7 Å². The lowest BCUT2D eigenvalue weighted by Crippen LogP contribution is -2.52. The van der Waals surface area contributed by atoms with Gasteiger partial charge in [0.15, 0.2) is 0 Å². The molecule has 0 aliphatic carbocycles. The van der Waals surface area contributed by atoms with Crippen LogP contribution in [0.2, 0.25) is 0 Å². The Bertz CT molecular complexity index is 1130. The second-order valence-corrected chi connectivity index (χ2v) is 9.29. The number of hydrogen-bond acceptors (Lipinski definition) is 5. The predicted molar refractivity (Wildman–Crippen MR) is 134 cm³/mol. The maximum atomic E-state index is 13.6. The number of carbonyl (C=O) groups is 3. The molecule has 0 aliphatic rings. The third-order valence-corrected chi connectivity index (χ3v) is 5.19. The molecule has 186 valence electrons. The van der Waals surface area contributed by atoms with E-state index in [-0.39, 0.29) is 0 Å². The van der Waals surface area contributed by atoms with Crippen LogP contribution in [0.15, 0.2) is 42.5 Å². The summed E-state index contributed by atoms with van der Waals surface area (Å²) in [6.07, 6.45) is 4.84. The van der Waals surface area contributed by atoms with Crippen LogP contribution in [-0.2, 0) is 14.3 Å². The van der Waals surface area contributed by atoms with Gasteiger partial charge in [-0.3, -0.25) is 14.5 Å². The van der Waals surface area contributed by atoms with Gasteiger partial charge < -0.3 is 20.5 Å². The predicted octanol–water partition coefficient (Wildman–Crippen LogP) is 3.60. The van der Waals surface area contributed by atoms with Crippen molar-refractivity contribution >= 4 is 23.6 Å². The minimum absolute atomic E-state index is 0.524. The van der Waals surface area contributed by atoms with Crippen molar-refractivity contribution in [2.75, 3.05) is 11.9 Å². The molecule has 0 heterocycles. The molecule has 3 N–H and O–H groups in total. The summed E-state index contributed by atoms with van der Waals surface area (Å²) in [6.45, 7) is 9.79. The van der Waals surface area contributed by atoms with E-state index in [1.54, 1.807) is 39.0 Å². The zero-order valence-corrected chi connectivity index (χ0v) is 21.0. The molecule has 0 fully saturated rings. The van der Waals surface area contributed by atoms with Gasteiger partial charge in [-0.1, -0.05) is 48.4 Å². The molecule has 0 aliphatic heterocycles. The van der Waals surface area contributed by atoms with Crippen molar-refractivity contribution in [1.82, 2.24) is 10.2 Å². The second-order valence-electron chi connectivity index (χ2n) is 9.29. The van der Waals surface area contributed by atoms with Crippen LogP contribution in [0, 0.1) is 33.2 Å². The van der Waals surface area contributed by atoms with Crippen molar-refractivity contribution < 1.29 is 24.2 Å². The average Bonchev–Trinajstić information content (AvgIpc) is 2.77. The number of aryl methyl sites for hydroxylation is 3. The molecule has 2 aromatic rings. The molecule has 2 unspecified atom stereocenters. The van der Waals surface area contributed by atoms with Crippen molar-refractivity contribution in [1.29, 1.82) is 0 Å². The number of alkyl carbamates (subject to hydrolysis) is 1. The molecule has 2 rings (SSSR count). The van der Waals surface area contributed by atoms with Gasteiger partial charge in [-0.15, -0.1) is 0 Å². The number of aliphatic hydroxyl groups excluding tert-OH is 1. The van der Waals surface area contributed by atoms with E-state index < -0.39 is 42.2 Å². The van der Waals surface area contributed by atoms with Gasteiger partial charge >= 0.3 is 6.09 Å². The number of nitrogens with zero attached hydrogens (tertiary/aromatic N) is 1. The maximum Gasteiger partial charge on any atom is 0.408 e. The van der Waals surface area contributed by atoms with Crippen LogP contribution in [0.25, 0.3) is 0 Å². The number of carbonyl (C=O) groups excluding carboxylic acids is 3. The van der Waals surface area contributed by atoms with Crippen molar-refractivity contribution in [2.24, 2.45) is 0 Å². The number of terminal acetylenes is 1. The van der Waals surface area contributed by atoms with Gasteiger partial charge in [0.25, 0.3) is 11.8 Å². The Morgan fingerprint density at radius 3 is 2.31 bits per heavy atom. The number of anilines is 1. The summed E-state index contributed by atoms with van der Waals surface area (Å²) < 4.78 is 5.19. The number of nitrogens with one attached hydrogen (secondary N) is 2. The smallest absolute Gasteiger partial charge is 0.408 e. The van der Waals surface area contributed by atoms with Gasteiger partial charge in [0.05, 0.1) is 6.61 Å². The lowest BCUT2D eigenvalue weighted by Gasteiger charge is -2.30. The molecule has 3 amide bonds. The maximum absolute atomic E-state index is 13.6. The highest BCUT2D eigenvalue weighted by molar-refractivity contribution is 6.00. The monoisotopic (exact) mass is 479 g/mol. The first-order chi connectivity index (χ1) is 16.4. The highest BCUT2D eigenvalue weighted by Gasteiger charge is 2.36. The van der Waals surface area contributed by atoms with E-state index in [0.717, 1.165) is 21.6 Å². The second kappa shape index (κ2) is 11.5. The van der Waals surface area contributed by atoms with E-state index in [4.69, 9.17) is 11.2 Å². The van der Waals surface area contributed by atoms with Gasteiger partial charge in [-0.05, 0) is 64.3 Å². The van der Waals surface area contributed by atoms with E-state index in [0.29, 0.717) is 11.3 Å². The number of amides is 3. The van der Waals surface area contributed by atoms with Gasteiger partial charge in [-0.2, -0.15) is 0 Å². The SMILES string of the molecule is C#CN(C(=O)C(CO)NC(=O)OC(C)(C)C)C(C(=O)Nc1ccccc1C)c1cc(C)ccc1C. The third kappa shape index (κ3) is 7.33. The molecule has 35 heavy (non-hydrogen) atoms. The van der Waals surface area contributed by atoms with Crippen molar-refractivity contribution in [3.05, 3.63) is 64.7 Å². The van der Waals surface area contributed by atoms with Crippen LogP contribution in [0.4, 0.5) is 10.5 Å². The Morgan fingerprint density at radius 2 is 1.74 bits per heavy atom. The molecule has 2 atom stereocenters. The van der Waals surface area contributed by atoms with Crippen LogP contribution in [0.5, 0.6) is 0 Å². The van der Waals surface area contributed by atoms with Crippen molar-refractivity contribution in [2.45, 2.75) is 59.2 Å². The molecule has 0 bridgehead atoms. The van der Waals surface area contributed by atoms with Gasteiger partial charge in [0, 0.05) is 11.7 Å². The fraction of sp³-hybridized carbons (Fsp3) is 0.370. The highest BCUT2D eigenvalue weighted by Crippen LogP contribution is 2.28.